The minimum absolute atomic E-state index is 0.0798. The smallest absolute Gasteiger partial charge is 0.159 e. The van der Waals surface area contributed by atoms with Crippen molar-refractivity contribution in [2.45, 2.75) is 26.7 Å². The molecule has 3 heteroatoms. The van der Waals surface area contributed by atoms with Crippen molar-refractivity contribution in [3.63, 3.8) is 0 Å². The summed E-state index contributed by atoms with van der Waals surface area (Å²) in [6.07, 6.45) is 2.30. The lowest BCUT2D eigenvalue weighted by atomic mass is 10.1. The molecular weight excluding hydrogens is 190 g/mol. The van der Waals surface area contributed by atoms with Crippen LogP contribution in [0.3, 0.4) is 0 Å². The van der Waals surface area contributed by atoms with E-state index in [2.05, 4.69) is 19.2 Å². The number of benzene rings is 1. The van der Waals surface area contributed by atoms with Gasteiger partial charge in [-0.05, 0) is 30.9 Å². The van der Waals surface area contributed by atoms with Crippen molar-refractivity contribution in [3.8, 4) is 11.5 Å². The predicted molar refractivity (Wildman–Crippen MR) is 62.3 cm³/mol. The van der Waals surface area contributed by atoms with E-state index in [9.17, 15) is 5.11 Å². The van der Waals surface area contributed by atoms with Gasteiger partial charge in [-0.15, -0.1) is 0 Å². The second kappa shape index (κ2) is 5.49. The second-order valence-electron chi connectivity index (χ2n) is 4.17. The normalized spacial score (nSPS) is 10.6. The van der Waals surface area contributed by atoms with Gasteiger partial charge in [0.25, 0.3) is 0 Å². The first-order valence-corrected chi connectivity index (χ1v) is 5.35. The lowest BCUT2D eigenvalue weighted by Crippen LogP contribution is -2.02. The second-order valence-corrected chi connectivity index (χ2v) is 4.17. The number of aromatic hydroxyl groups is 2. The van der Waals surface area contributed by atoms with E-state index < -0.39 is 0 Å². The van der Waals surface area contributed by atoms with Crippen molar-refractivity contribution in [1.82, 2.24) is 0 Å². The van der Waals surface area contributed by atoms with Crippen LogP contribution in [-0.2, 0) is 0 Å². The van der Waals surface area contributed by atoms with Crippen molar-refractivity contribution < 1.29 is 10.2 Å². The Morgan fingerprint density at radius 2 is 1.93 bits per heavy atom. The maximum absolute atomic E-state index is 9.25. The molecule has 0 amide bonds. The van der Waals surface area contributed by atoms with E-state index in [1.165, 1.54) is 18.6 Å². The Morgan fingerprint density at radius 3 is 2.53 bits per heavy atom. The summed E-state index contributed by atoms with van der Waals surface area (Å²) >= 11 is 0. The van der Waals surface area contributed by atoms with Gasteiger partial charge in [-0.2, -0.15) is 0 Å². The van der Waals surface area contributed by atoms with Crippen molar-refractivity contribution in [2.24, 2.45) is 5.92 Å². The largest absolute Gasteiger partial charge is 0.504 e. The van der Waals surface area contributed by atoms with Crippen LogP contribution in [0.2, 0.25) is 0 Å². The SMILES string of the molecule is CC(C)CCCNc1ccc(O)c(O)c1. The van der Waals surface area contributed by atoms with Gasteiger partial charge in [0, 0.05) is 18.3 Å². The fourth-order valence-corrected chi connectivity index (χ4v) is 1.38. The Hall–Kier alpha value is -1.38. The van der Waals surface area contributed by atoms with Gasteiger partial charge < -0.3 is 15.5 Å². The number of anilines is 1. The minimum Gasteiger partial charge on any atom is -0.504 e. The van der Waals surface area contributed by atoms with Crippen LogP contribution < -0.4 is 5.32 Å². The van der Waals surface area contributed by atoms with E-state index in [4.69, 9.17) is 5.11 Å². The highest BCUT2D eigenvalue weighted by Crippen LogP contribution is 2.27. The quantitative estimate of drug-likeness (QED) is 0.397. The molecule has 0 aliphatic rings. The molecule has 0 aromatic heterocycles. The average molecular weight is 209 g/mol. The van der Waals surface area contributed by atoms with E-state index in [1.54, 1.807) is 6.07 Å². The number of hydrogen-bond acceptors (Lipinski definition) is 3. The van der Waals surface area contributed by atoms with Crippen LogP contribution in [0.15, 0.2) is 18.2 Å². The molecule has 0 atom stereocenters. The maximum Gasteiger partial charge on any atom is 0.159 e. The Kier molecular flexibility index (Phi) is 4.28. The van der Waals surface area contributed by atoms with Crippen LogP contribution in [0.25, 0.3) is 0 Å². The molecule has 0 fully saturated rings. The standard InChI is InChI=1S/C12H19NO2/c1-9(2)4-3-7-13-10-5-6-11(14)12(15)8-10/h5-6,8-9,13-15H,3-4,7H2,1-2H3. The van der Waals surface area contributed by atoms with Crippen molar-refractivity contribution >= 4 is 5.69 Å². The van der Waals surface area contributed by atoms with Crippen LogP contribution in [0.1, 0.15) is 26.7 Å². The summed E-state index contributed by atoms with van der Waals surface area (Å²) in [4.78, 5) is 0. The first-order valence-electron chi connectivity index (χ1n) is 5.35. The third-order valence-corrected chi connectivity index (χ3v) is 2.26. The molecule has 0 saturated carbocycles. The van der Waals surface area contributed by atoms with Gasteiger partial charge in [-0.3, -0.25) is 0 Å². The van der Waals surface area contributed by atoms with Crippen LogP contribution in [0.5, 0.6) is 11.5 Å². The molecule has 1 aromatic carbocycles. The minimum atomic E-state index is -0.0808. The van der Waals surface area contributed by atoms with Gasteiger partial charge in [0.2, 0.25) is 0 Å². The molecular formula is C12H19NO2. The van der Waals surface area contributed by atoms with E-state index in [-0.39, 0.29) is 11.5 Å². The number of phenols is 2. The summed E-state index contributed by atoms with van der Waals surface area (Å²) in [7, 11) is 0. The number of rotatable bonds is 5. The highest BCUT2D eigenvalue weighted by atomic mass is 16.3. The molecule has 0 heterocycles. The highest BCUT2D eigenvalue weighted by molar-refractivity contribution is 5.53. The van der Waals surface area contributed by atoms with Crippen LogP contribution in [0, 0.1) is 5.92 Å². The van der Waals surface area contributed by atoms with E-state index in [0.717, 1.165) is 24.6 Å². The number of nitrogens with one attached hydrogen (secondary N) is 1. The van der Waals surface area contributed by atoms with Crippen molar-refractivity contribution in [2.75, 3.05) is 11.9 Å². The molecule has 0 radical (unpaired) electrons. The first-order chi connectivity index (χ1) is 7.09. The molecule has 0 saturated heterocycles. The summed E-state index contributed by atoms with van der Waals surface area (Å²) in [5.41, 5.74) is 0.842. The van der Waals surface area contributed by atoms with E-state index >= 15 is 0 Å². The van der Waals surface area contributed by atoms with Crippen molar-refractivity contribution in [1.29, 1.82) is 0 Å². The van der Waals surface area contributed by atoms with Gasteiger partial charge >= 0.3 is 0 Å². The lowest BCUT2D eigenvalue weighted by molar-refractivity contribution is 0.404. The third kappa shape index (κ3) is 4.11. The zero-order chi connectivity index (χ0) is 11.3. The van der Waals surface area contributed by atoms with Crippen LogP contribution in [-0.4, -0.2) is 16.8 Å². The molecule has 84 valence electrons. The fraction of sp³-hybridized carbons (Fsp3) is 0.500. The molecule has 0 spiro atoms. The predicted octanol–water partition coefficient (Wildman–Crippen LogP) is 2.95. The molecule has 0 aliphatic heterocycles. The van der Waals surface area contributed by atoms with Crippen LogP contribution >= 0.6 is 0 Å². The topological polar surface area (TPSA) is 52.5 Å². The van der Waals surface area contributed by atoms with Gasteiger partial charge in [-0.1, -0.05) is 13.8 Å². The zero-order valence-electron chi connectivity index (χ0n) is 9.33. The molecule has 0 bridgehead atoms. The van der Waals surface area contributed by atoms with E-state index in [0.29, 0.717) is 0 Å². The Bertz CT molecular complexity index is 310. The molecule has 15 heavy (non-hydrogen) atoms. The summed E-state index contributed by atoms with van der Waals surface area (Å²) in [6, 6.07) is 4.77. The Balaban J connectivity index is 2.35. The Labute approximate surface area is 90.8 Å². The summed E-state index contributed by atoms with van der Waals surface area (Å²) in [5.74, 6) is 0.562. The summed E-state index contributed by atoms with van der Waals surface area (Å²) in [5, 5.41) is 21.6. The van der Waals surface area contributed by atoms with Gasteiger partial charge in [0.1, 0.15) is 0 Å². The highest BCUT2D eigenvalue weighted by Gasteiger charge is 2.00. The first kappa shape index (κ1) is 11.7. The molecule has 0 unspecified atom stereocenters. The van der Waals surface area contributed by atoms with Gasteiger partial charge in [0.15, 0.2) is 11.5 Å². The molecule has 3 N–H and O–H groups in total. The molecule has 1 rings (SSSR count). The third-order valence-electron chi connectivity index (χ3n) is 2.26. The molecule has 0 aliphatic carbocycles. The lowest BCUT2D eigenvalue weighted by Gasteiger charge is -2.08. The fourth-order valence-electron chi connectivity index (χ4n) is 1.38. The molecule has 3 nitrogen and oxygen atoms in total. The van der Waals surface area contributed by atoms with Gasteiger partial charge in [-0.25, -0.2) is 0 Å². The molecule has 1 aromatic rings. The Morgan fingerprint density at radius 1 is 1.20 bits per heavy atom. The number of hydrogen-bond donors (Lipinski definition) is 3. The van der Waals surface area contributed by atoms with E-state index in [1.807, 2.05) is 0 Å². The monoisotopic (exact) mass is 209 g/mol. The zero-order valence-corrected chi connectivity index (χ0v) is 9.33. The maximum atomic E-state index is 9.25. The van der Waals surface area contributed by atoms with Crippen molar-refractivity contribution in [3.05, 3.63) is 18.2 Å². The summed E-state index contributed by atoms with van der Waals surface area (Å²) < 4.78 is 0. The summed E-state index contributed by atoms with van der Waals surface area (Å²) in [6.45, 7) is 5.29. The van der Waals surface area contributed by atoms with Crippen LogP contribution in [0.4, 0.5) is 5.69 Å². The van der Waals surface area contributed by atoms with Gasteiger partial charge in [0.05, 0.1) is 0 Å². The number of phenolic OH excluding ortho intramolecular Hbond substituents is 2. The average Bonchev–Trinajstić information content (AvgIpc) is 2.18.